The van der Waals surface area contributed by atoms with Crippen LogP contribution in [-0.2, 0) is 4.79 Å². The summed E-state index contributed by atoms with van der Waals surface area (Å²) in [4.78, 5) is 25.4. The number of aliphatic hydroxyl groups excluding tert-OH is 1. The SMILES string of the molecule is CC(=O)c1ccccc1NC(=O)CN1CCCC(O)C1. The van der Waals surface area contributed by atoms with Gasteiger partial charge in [-0.1, -0.05) is 12.1 Å². The van der Waals surface area contributed by atoms with Crippen LogP contribution in [0.3, 0.4) is 0 Å². The van der Waals surface area contributed by atoms with Gasteiger partial charge in [0.1, 0.15) is 0 Å². The second kappa shape index (κ2) is 6.63. The molecule has 2 rings (SSSR count). The fourth-order valence-corrected chi connectivity index (χ4v) is 2.47. The Bertz CT molecular complexity index is 502. The van der Waals surface area contributed by atoms with E-state index in [1.165, 1.54) is 6.92 Å². The molecule has 1 heterocycles. The maximum absolute atomic E-state index is 12.0. The summed E-state index contributed by atoms with van der Waals surface area (Å²) in [5.41, 5.74) is 1.06. The number of aliphatic hydroxyl groups is 1. The van der Waals surface area contributed by atoms with Crippen LogP contribution in [0.4, 0.5) is 5.69 Å². The average molecular weight is 276 g/mol. The third-order valence-corrected chi connectivity index (χ3v) is 3.43. The first-order valence-corrected chi connectivity index (χ1v) is 6.86. The molecule has 1 unspecified atom stereocenters. The number of likely N-dealkylation sites (tertiary alicyclic amines) is 1. The molecule has 20 heavy (non-hydrogen) atoms. The Morgan fingerprint density at radius 3 is 2.85 bits per heavy atom. The third kappa shape index (κ3) is 3.88. The van der Waals surface area contributed by atoms with Crippen molar-refractivity contribution in [1.29, 1.82) is 0 Å². The molecule has 5 nitrogen and oxygen atoms in total. The van der Waals surface area contributed by atoms with Crippen LogP contribution in [0.2, 0.25) is 0 Å². The number of carbonyl (C=O) groups excluding carboxylic acids is 2. The number of nitrogens with zero attached hydrogens (tertiary/aromatic N) is 1. The van der Waals surface area contributed by atoms with Gasteiger partial charge in [0.05, 0.1) is 18.3 Å². The van der Waals surface area contributed by atoms with Gasteiger partial charge in [0.15, 0.2) is 5.78 Å². The van der Waals surface area contributed by atoms with Crippen LogP contribution >= 0.6 is 0 Å². The zero-order valence-corrected chi connectivity index (χ0v) is 11.6. The van der Waals surface area contributed by atoms with Crippen LogP contribution in [0.25, 0.3) is 0 Å². The van der Waals surface area contributed by atoms with Crippen molar-refractivity contribution in [2.45, 2.75) is 25.9 Å². The van der Waals surface area contributed by atoms with E-state index in [0.717, 1.165) is 19.4 Å². The molecule has 1 atom stereocenters. The van der Waals surface area contributed by atoms with Gasteiger partial charge in [-0.25, -0.2) is 0 Å². The van der Waals surface area contributed by atoms with Gasteiger partial charge in [0.25, 0.3) is 0 Å². The highest BCUT2D eigenvalue weighted by atomic mass is 16.3. The van der Waals surface area contributed by atoms with Crippen molar-refractivity contribution in [3.8, 4) is 0 Å². The van der Waals surface area contributed by atoms with Gasteiger partial charge in [-0.05, 0) is 38.4 Å². The predicted octanol–water partition coefficient (Wildman–Crippen LogP) is 1.28. The van der Waals surface area contributed by atoms with Crippen LogP contribution in [0.15, 0.2) is 24.3 Å². The molecule has 1 saturated heterocycles. The van der Waals surface area contributed by atoms with Crippen LogP contribution in [0.5, 0.6) is 0 Å². The van der Waals surface area contributed by atoms with E-state index in [0.29, 0.717) is 17.8 Å². The highest BCUT2D eigenvalue weighted by molar-refractivity contribution is 6.04. The lowest BCUT2D eigenvalue weighted by molar-refractivity contribution is -0.118. The molecule has 1 amide bonds. The number of hydrogen-bond acceptors (Lipinski definition) is 4. The molecule has 0 aromatic heterocycles. The van der Waals surface area contributed by atoms with Gasteiger partial charge in [-0.15, -0.1) is 0 Å². The van der Waals surface area contributed by atoms with E-state index in [1.54, 1.807) is 24.3 Å². The van der Waals surface area contributed by atoms with Gasteiger partial charge in [-0.2, -0.15) is 0 Å². The van der Waals surface area contributed by atoms with E-state index in [-0.39, 0.29) is 24.3 Å². The molecule has 1 aromatic carbocycles. The monoisotopic (exact) mass is 276 g/mol. The molecule has 5 heteroatoms. The molecule has 2 N–H and O–H groups in total. The standard InChI is InChI=1S/C15H20N2O3/c1-11(18)13-6-2-3-7-14(13)16-15(20)10-17-8-4-5-12(19)9-17/h2-3,6-7,12,19H,4-5,8-10H2,1H3,(H,16,20). The quantitative estimate of drug-likeness (QED) is 0.813. The normalized spacial score (nSPS) is 19.6. The fraction of sp³-hybridized carbons (Fsp3) is 0.467. The molecule has 0 spiro atoms. The summed E-state index contributed by atoms with van der Waals surface area (Å²) in [6.07, 6.45) is 1.35. The van der Waals surface area contributed by atoms with Gasteiger partial charge in [-0.3, -0.25) is 14.5 Å². The number of para-hydroxylation sites is 1. The summed E-state index contributed by atoms with van der Waals surface area (Å²) in [6.45, 7) is 3.07. The van der Waals surface area contributed by atoms with Gasteiger partial charge >= 0.3 is 0 Å². The summed E-state index contributed by atoms with van der Waals surface area (Å²) in [5, 5.41) is 12.4. The number of anilines is 1. The van der Waals surface area contributed by atoms with E-state index >= 15 is 0 Å². The number of nitrogens with one attached hydrogen (secondary N) is 1. The summed E-state index contributed by atoms with van der Waals surface area (Å²) < 4.78 is 0. The fourth-order valence-electron chi connectivity index (χ4n) is 2.47. The first kappa shape index (κ1) is 14.7. The lowest BCUT2D eigenvalue weighted by Gasteiger charge is -2.29. The lowest BCUT2D eigenvalue weighted by Crippen LogP contribution is -2.42. The predicted molar refractivity (Wildman–Crippen MR) is 76.8 cm³/mol. The van der Waals surface area contributed by atoms with E-state index in [4.69, 9.17) is 0 Å². The number of rotatable bonds is 4. The highest BCUT2D eigenvalue weighted by Gasteiger charge is 2.20. The summed E-state index contributed by atoms with van der Waals surface area (Å²) in [7, 11) is 0. The van der Waals surface area contributed by atoms with Crippen molar-refractivity contribution >= 4 is 17.4 Å². The first-order chi connectivity index (χ1) is 9.56. The minimum atomic E-state index is -0.346. The number of piperidine rings is 1. The number of hydrogen-bond donors (Lipinski definition) is 2. The Morgan fingerprint density at radius 1 is 1.40 bits per heavy atom. The van der Waals surface area contributed by atoms with Crippen molar-refractivity contribution in [3.05, 3.63) is 29.8 Å². The molecule has 0 aliphatic carbocycles. The summed E-state index contributed by atoms with van der Waals surface area (Å²) in [6, 6.07) is 6.97. The molecule has 1 aromatic rings. The Labute approximate surface area is 118 Å². The van der Waals surface area contributed by atoms with Gasteiger partial charge < -0.3 is 10.4 Å². The Morgan fingerprint density at radius 2 is 2.15 bits per heavy atom. The van der Waals surface area contributed by atoms with Gasteiger partial charge in [0, 0.05) is 12.1 Å². The van der Waals surface area contributed by atoms with Crippen LogP contribution in [-0.4, -0.2) is 47.4 Å². The number of benzene rings is 1. The topological polar surface area (TPSA) is 69.6 Å². The number of Topliss-reactive ketones (excluding diaryl/α,β-unsaturated/α-hetero) is 1. The van der Waals surface area contributed by atoms with Crippen LogP contribution in [0.1, 0.15) is 30.1 Å². The van der Waals surface area contributed by atoms with E-state index in [9.17, 15) is 14.7 Å². The van der Waals surface area contributed by atoms with Crippen LogP contribution < -0.4 is 5.32 Å². The van der Waals surface area contributed by atoms with Crippen LogP contribution in [0, 0.1) is 0 Å². The molecule has 1 fully saturated rings. The Kier molecular flexibility index (Phi) is 4.87. The smallest absolute Gasteiger partial charge is 0.238 e. The number of amides is 1. The number of carbonyl (C=O) groups is 2. The second-order valence-electron chi connectivity index (χ2n) is 5.18. The summed E-state index contributed by atoms with van der Waals surface area (Å²) in [5.74, 6) is -0.234. The average Bonchev–Trinajstić information content (AvgIpc) is 2.38. The van der Waals surface area contributed by atoms with Crippen molar-refractivity contribution in [1.82, 2.24) is 4.90 Å². The number of ketones is 1. The maximum atomic E-state index is 12.0. The van der Waals surface area contributed by atoms with E-state index in [2.05, 4.69) is 5.32 Å². The van der Waals surface area contributed by atoms with Crippen molar-refractivity contribution < 1.29 is 14.7 Å². The summed E-state index contributed by atoms with van der Waals surface area (Å²) >= 11 is 0. The van der Waals surface area contributed by atoms with Crippen molar-refractivity contribution in [2.24, 2.45) is 0 Å². The molecule has 1 aliphatic rings. The minimum absolute atomic E-state index is 0.0747. The molecule has 1 aliphatic heterocycles. The first-order valence-electron chi connectivity index (χ1n) is 6.86. The molecule has 0 saturated carbocycles. The largest absolute Gasteiger partial charge is 0.392 e. The second-order valence-corrected chi connectivity index (χ2v) is 5.18. The zero-order valence-electron chi connectivity index (χ0n) is 11.6. The molecular weight excluding hydrogens is 256 g/mol. The molecule has 0 bridgehead atoms. The third-order valence-electron chi connectivity index (χ3n) is 3.43. The van der Waals surface area contributed by atoms with Crippen molar-refractivity contribution in [2.75, 3.05) is 25.0 Å². The number of β-amino-alcohol motifs (C(OH)–C–C–N with tert-alkyl or cyclic N) is 1. The Balaban J connectivity index is 1.96. The minimum Gasteiger partial charge on any atom is -0.392 e. The van der Waals surface area contributed by atoms with Crippen molar-refractivity contribution in [3.63, 3.8) is 0 Å². The lowest BCUT2D eigenvalue weighted by atomic mass is 10.1. The van der Waals surface area contributed by atoms with Gasteiger partial charge in [0.2, 0.25) is 5.91 Å². The molecule has 0 radical (unpaired) electrons. The highest BCUT2D eigenvalue weighted by Crippen LogP contribution is 2.16. The van der Waals surface area contributed by atoms with E-state index in [1.807, 2.05) is 4.90 Å². The Hall–Kier alpha value is -1.72. The van der Waals surface area contributed by atoms with E-state index < -0.39 is 0 Å². The molecular formula is C15H20N2O3. The molecule has 108 valence electrons. The maximum Gasteiger partial charge on any atom is 0.238 e. The zero-order chi connectivity index (χ0) is 14.5.